The molecule has 0 saturated carbocycles. The average molecular weight is 313 g/mol. The lowest BCUT2D eigenvalue weighted by molar-refractivity contribution is 0.405. The third-order valence-corrected chi connectivity index (χ3v) is 3.17. The molecule has 0 aliphatic rings. The van der Waals surface area contributed by atoms with Crippen molar-refractivity contribution in [2.75, 3.05) is 0 Å². The van der Waals surface area contributed by atoms with Gasteiger partial charge in [-0.15, -0.1) is 0 Å². The Hall–Kier alpha value is -1.42. The zero-order valence-corrected chi connectivity index (χ0v) is 11.3. The summed E-state index contributed by atoms with van der Waals surface area (Å²) in [7, 11) is 0. The number of aryl methyl sites for hydroxylation is 1. The minimum Gasteiger partial charge on any atom is -0.451 e. The smallest absolute Gasteiger partial charge is 0.198 e. The second-order valence-corrected chi connectivity index (χ2v) is 4.45. The summed E-state index contributed by atoms with van der Waals surface area (Å²) in [5.41, 5.74) is 1.35. The molecule has 0 bridgehead atoms. The lowest BCUT2D eigenvalue weighted by Crippen LogP contribution is -1.96. The van der Waals surface area contributed by atoms with Gasteiger partial charge in [0.05, 0.1) is 0 Å². The topological polar surface area (TPSA) is 9.23 Å². The lowest BCUT2D eigenvalue weighted by Gasteiger charge is -2.11. The highest BCUT2D eigenvalue weighted by molar-refractivity contribution is 9.08. The Morgan fingerprint density at radius 3 is 2.28 bits per heavy atom. The minimum atomic E-state index is -0.701. The van der Waals surface area contributed by atoms with Gasteiger partial charge in [-0.3, -0.25) is 0 Å². The van der Waals surface area contributed by atoms with Crippen molar-refractivity contribution in [2.45, 2.75) is 12.3 Å². The highest BCUT2D eigenvalue weighted by Crippen LogP contribution is 2.30. The fraction of sp³-hybridized carbons (Fsp3) is 0.143. The predicted molar refractivity (Wildman–Crippen MR) is 70.2 cm³/mol. The first-order valence-corrected chi connectivity index (χ1v) is 6.51. The quantitative estimate of drug-likeness (QED) is 0.728. The Morgan fingerprint density at radius 1 is 1.11 bits per heavy atom. The average Bonchev–Trinajstić information content (AvgIpc) is 2.35. The van der Waals surface area contributed by atoms with E-state index in [1.165, 1.54) is 12.1 Å². The summed E-state index contributed by atoms with van der Waals surface area (Å²) in [5, 5.41) is 0.394. The van der Waals surface area contributed by atoms with Crippen molar-refractivity contribution in [1.29, 1.82) is 0 Å². The van der Waals surface area contributed by atoms with Gasteiger partial charge in [0, 0.05) is 5.33 Å². The molecular formula is C14H11BrF2O. The van der Waals surface area contributed by atoms with E-state index in [2.05, 4.69) is 15.9 Å². The number of hydrogen-bond donors (Lipinski definition) is 0. The van der Waals surface area contributed by atoms with Crippen molar-refractivity contribution in [1.82, 2.24) is 0 Å². The summed E-state index contributed by atoms with van der Waals surface area (Å²) in [5.74, 6) is -1.32. The van der Waals surface area contributed by atoms with Gasteiger partial charge in [0.15, 0.2) is 17.4 Å². The molecule has 0 aromatic heterocycles. The molecule has 2 aromatic carbocycles. The van der Waals surface area contributed by atoms with Crippen molar-refractivity contribution >= 4 is 15.9 Å². The van der Waals surface area contributed by atoms with E-state index in [1.54, 1.807) is 12.1 Å². The van der Waals surface area contributed by atoms with E-state index in [0.717, 1.165) is 5.56 Å². The Bertz CT molecular complexity index is 546. The summed E-state index contributed by atoms with van der Waals surface area (Å²) in [4.78, 5) is 0. The molecule has 0 spiro atoms. The van der Waals surface area contributed by atoms with E-state index in [9.17, 15) is 8.78 Å². The molecule has 2 rings (SSSR count). The number of hydrogen-bond acceptors (Lipinski definition) is 1. The standard InChI is InChI=1S/C14H11BrF2O/c1-9-4-2-3-5-13(9)18-14-11(16)6-10(8-15)7-12(14)17/h2-7H,8H2,1H3. The summed E-state index contributed by atoms with van der Waals surface area (Å²) >= 11 is 3.15. The third kappa shape index (κ3) is 2.70. The molecule has 94 valence electrons. The van der Waals surface area contributed by atoms with E-state index in [-0.39, 0.29) is 5.75 Å². The molecule has 0 atom stereocenters. The molecule has 0 unspecified atom stereocenters. The zero-order chi connectivity index (χ0) is 13.1. The number of benzene rings is 2. The summed E-state index contributed by atoms with van der Waals surface area (Å²) in [6.07, 6.45) is 0. The number of para-hydroxylation sites is 1. The molecule has 0 aliphatic carbocycles. The molecule has 18 heavy (non-hydrogen) atoms. The van der Waals surface area contributed by atoms with Crippen LogP contribution in [-0.4, -0.2) is 0 Å². The number of rotatable bonds is 3. The molecule has 0 N–H and O–H groups in total. The zero-order valence-electron chi connectivity index (χ0n) is 9.71. The van der Waals surface area contributed by atoms with Gasteiger partial charge >= 0.3 is 0 Å². The molecule has 1 nitrogen and oxygen atoms in total. The monoisotopic (exact) mass is 312 g/mol. The van der Waals surface area contributed by atoms with Gasteiger partial charge in [-0.2, -0.15) is 0 Å². The van der Waals surface area contributed by atoms with Crippen LogP contribution in [0.4, 0.5) is 8.78 Å². The van der Waals surface area contributed by atoms with Gasteiger partial charge in [-0.25, -0.2) is 8.78 Å². The first-order chi connectivity index (χ1) is 8.61. The van der Waals surface area contributed by atoms with Gasteiger partial charge in [-0.1, -0.05) is 34.1 Å². The maximum Gasteiger partial charge on any atom is 0.198 e. The fourth-order valence-corrected chi connectivity index (χ4v) is 1.89. The molecular weight excluding hydrogens is 302 g/mol. The maximum absolute atomic E-state index is 13.7. The highest BCUT2D eigenvalue weighted by atomic mass is 79.9. The van der Waals surface area contributed by atoms with Crippen LogP contribution < -0.4 is 4.74 Å². The Morgan fingerprint density at radius 2 is 1.72 bits per heavy atom. The van der Waals surface area contributed by atoms with Crippen LogP contribution in [0.5, 0.6) is 11.5 Å². The largest absolute Gasteiger partial charge is 0.451 e. The Kier molecular flexibility index (Phi) is 3.97. The van der Waals surface area contributed by atoms with Gasteiger partial charge in [-0.05, 0) is 36.2 Å². The van der Waals surface area contributed by atoms with E-state index < -0.39 is 11.6 Å². The van der Waals surface area contributed by atoms with Crippen molar-refractivity contribution < 1.29 is 13.5 Å². The van der Waals surface area contributed by atoms with Crippen LogP contribution >= 0.6 is 15.9 Å². The molecule has 0 radical (unpaired) electrons. The van der Waals surface area contributed by atoms with Crippen LogP contribution in [-0.2, 0) is 5.33 Å². The number of ether oxygens (including phenoxy) is 1. The van der Waals surface area contributed by atoms with Crippen LogP contribution in [0, 0.1) is 18.6 Å². The highest BCUT2D eigenvalue weighted by Gasteiger charge is 2.14. The van der Waals surface area contributed by atoms with Crippen molar-refractivity contribution in [3.8, 4) is 11.5 Å². The van der Waals surface area contributed by atoms with Crippen molar-refractivity contribution in [2.24, 2.45) is 0 Å². The normalized spacial score (nSPS) is 10.4. The van der Waals surface area contributed by atoms with Gasteiger partial charge in [0.25, 0.3) is 0 Å². The van der Waals surface area contributed by atoms with E-state index in [4.69, 9.17) is 4.74 Å². The second-order valence-electron chi connectivity index (χ2n) is 3.89. The first-order valence-electron chi connectivity index (χ1n) is 5.39. The van der Waals surface area contributed by atoms with Crippen LogP contribution in [0.1, 0.15) is 11.1 Å². The van der Waals surface area contributed by atoms with Crippen molar-refractivity contribution in [3.05, 3.63) is 59.2 Å². The van der Waals surface area contributed by atoms with Crippen molar-refractivity contribution in [3.63, 3.8) is 0 Å². The van der Waals surface area contributed by atoms with Crippen LogP contribution in [0.2, 0.25) is 0 Å². The maximum atomic E-state index is 13.7. The predicted octanol–water partition coefficient (Wildman–Crippen LogP) is 4.96. The molecule has 0 fully saturated rings. The van der Waals surface area contributed by atoms with Crippen LogP contribution in [0.25, 0.3) is 0 Å². The summed E-state index contributed by atoms with van der Waals surface area (Å²) in [6, 6.07) is 9.59. The molecule has 0 aliphatic heterocycles. The fourth-order valence-electron chi connectivity index (χ4n) is 1.57. The Balaban J connectivity index is 2.38. The van der Waals surface area contributed by atoms with Crippen LogP contribution in [0.15, 0.2) is 36.4 Å². The van der Waals surface area contributed by atoms with E-state index >= 15 is 0 Å². The number of halogens is 3. The van der Waals surface area contributed by atoms with E-state index in [0.29, 0.717) is 16.6 Å². The molecule has 4 heteroatoms. The first kappa shape index (κ1) is 13.0. The molecule has 2 aromatic rings. The van der Waals surface area contributed by atoms with E-state index in [1.807, 2.05) is 19.1 Å². The lowest BCUT2D eigenvalue weighted by atomic mass is 10.2. The summed E-state index contributed by atoms with van der Waals surface area (Å²) in [6.45, 7) is 1.82. The molecule has 0 saturated heterocycles. The third-order valence-electron chi connectivity index (χ3n) is 2.52. The SMILES string of the molecule is Cc1ccccc1Oc1c(F)cc(CBr)cc1F. The molecule has 0 heterocycles. The summed E-state index contributed by atoms with van der Waals surface area (Å²) < 4.78 is 32.8. The number of alkyl halides is 1. The van der Waals surface area contributed by atoms with Crippen LogP contribution in [0.3, 0.4) is 0 Å². The Labute approximate surface area is 113 Å². The minimum absolute atomic E-state index is 0.367. The van der Waals surface area contributed by atoms with Gasteiger partial charge < -0.3 is 4.74 Å². The second kappa shape index (κ2) is 5.48. The molecule has 0 amide bonds. The van der Waals surface area contributed by atoms with Gasteiger partial charge in [0.2, 0.25) is 0 Å². The van der Waals surface area contributed by atoms with Gasteiger partial charge in [0.1, 0.15) is 5.75 Å².